The number of pyridine rings is 1. The van der Waals surface area contributed by atoms with E-state index in [1.165, 1.54) is 0 Å². The molecule has 0 atom stereocenters. The predicted octanol–water partition coefficient (Wildman–Crippen LogP) is 1.10. The first-order chi connectivity index (χ1) is 9.22. The molecule has 1 aromatic heterocycles. The van der Waals surface area contributed by atoms with E-state index in [4.69, 9.17) is 10.9 Å². The van der Waals surface area contributed by atoms with Crippen molar-refractivity contribution in [3.63, 3.8) is 0 Å². The lowest BCUT2D eigenvalue weighted by atomic mass is 10.1. The number of nitrogens with two attached hydrogens (primary N) is 1. The highest BCUT2D eigenvalue weighted by Gasteiger charge is 2.10. The summed E-state index contributed by atoms with van der Waals surface area (Å²) in [6.45, 7) is 0.291. The third kappa shape index (κ3) is 2.98. The van der Waals surface area contributed by atoms with E-state index in [2.05, 4.69) is 15.5 Å². The highest BCUT2D eigenvalue weighted by molar-refractivity contribution is 6.05. The SMILES string of the molecule is NC(CCNC(=O)c1nccc2ccccc12)=NO. The summed E-state index contributed by atoms with van der Waals surface area (Å²) in [6.07, 6.45) is 1.88. The van der Waals surface area contributed by atoms with Crippen LogP contribution >= 0.6 is 0 Å². The fourth-order valence-corrected chi connectivity index (χ4v) is 1.74. The number of rotatable bonds is 4. The van der Waals surface area contributed by atoms with Gasteiger partial charge in [0.05, 0.1) is 0 Å². The van der Waals surface area contributed by atoms with Crippen LogP contribution in [0.2, 0.25) is 0 Å². The number of hydrogen-bond acceptors (Lipinski definition) is 4. The van der Waals surface area contributed by atoms with Crippen LogP contribution in [-0.4, -0.2) is 28.5 Å². The van der Waals surface area contributed by atoms with Gasteiger partial charge in [0.1, 0.15) is 11.5 Å². The summed E-state index contributed by atoms with van der Waals surface area (Å²) in [4.78, 5) is 16.1. The zero-order valence-corrected chi connectivity index (χ0v) is 10.2. The van der Waals surface area contributed by atoms with Crippen molar-refractivity contribution in [2.45, 2.75) is 6.42 Å². The largest absolute Gasteiger partial charge is 0.409 e. The Bertz CT molecular complexity index is 620. The first-order valence-electron chi connectivity index (χ1n) is 5.80. The normalized spacial score (nSPS) is 11.5. The van der Waals surface area contributed by atoms with Crippen LogP contribution in [-0.2, 0) is 0 Å². The summed E-state index contributed by atoms with van der Waals surface area (Å²) in [7, 11) is 0. The highest BCUT2D eigenvalue weighted by atomic mass is 16.4. The fourth-order valence-electron chi connectivity index (χ4n) is 1.74. The van der Waals surface area contributed by atoms with Crippen molar-refractivity contribution in [1.82, 2.24) is 10.3 Å². The van der Waals surface area contributed by atoms with Crippen molar-refractivity contribution in [3.05, 3.63) is 42.2 Å². The van der Waals surface area contributed by atoms with Crippen molar-refractivity contribution in [2.75, 3.05) is 6.54 Å². The number of amidine groups is 1. The number of aromatic nitrogens is 1. The molecule has 0 saturated carbocycles. The number of hydrogen-bond donors (Lipinski definition) is 3. The second-order valence-electron chi connectivity index (χ2n) is 3.98. The van der Waals surface area contributed by atoms with Crippen molar-refractivity contribution in [1.29, 1.82) is 0 Å². The van der Waals surface area contributed by atoms with Gasteiger partial charge in [-0.25, -0.2) is 0 Å². The molecule has 0 aliphatic heterocycles. The van der Waals surface area contributed by atoms with E-state index in [1.807, 2.05) is 30.3 Å². The van der Waals surface area contributed by atoms with Gasteiger partial charge >= 0.3 is 0 Å². The second kappa shape index (κ2) is 5.81. The average Bonchev–Trinajstić information content (AvgIpc) is 2.46. The molecular weight excluding hydrogens is 244 g/mol. The molecule has 6 heteroatoms. The van der Waals surface area contributed by atoms with Crippen LogP contribution in [0.3, 0.4) is 0 Å². The highest BCUT2D eigenvalue weighted by Crippen LogP contribution is 2.15. The van der Waals surface area contributed by atoms with Gasteiger partial charge < -0.3 is 16.3 Å². The van der Waals surface area contributed by atoms with Gasteiger partial charge in [-0.1, -0.05) is 29.4 Å². The second-order valence-corrected chi connectivity index (χ2v) is 3.98. The van der Waals surface area contributed by atoms with E-state index < -0.39 is 0 Å². The van der Waals surface area contributed by atoms with Crippen molar-refractivity contribution < 1.29 is 10.0 Å². The van der Waals surface area contributed by atoms with Gasteiger partial charge in [-0.3, -0.25) is 9.78 Å². The minimum Gasteiger partial charge on any atom is -0.409 e. The molecule has 1 amide bonds. The van der Waals surface area contributed by atoms with Crippen LogP contribution in [0.5, 0.6) is 0 Å². The van der Waals surface area contributed by atoms with E-state index in [0.717, 1.165) is 10.8 Å². The molecule has 0 radical (unpaired) electrons. The number of oxime groups is 1. The molecule has 19 heavy (non-hydrogen) atoms. The number of carbonyl (C=O) groups is 1. The smallest absolute Gasteiger partial charge is 0.270 e. The van der Waals surface area contributed by atoms with Crippen molar-refractivity contribution >= 4 is 22.5 Å². The van der Waals surface area contributed by atoms with Crippen LogP contribution in [0.15, 0.2) is 41.7 Å². The lowest BCUT2D eigenvalue weighted by Crippen LogP contribution is -2.28. The molecule has 1 aromatic carbocycles. The number of nitrogens with one attached hydrogen (secondary N) is 1. The minimum absolute atomic E-state index is 0.0752. The van der Waals surface area contributed by atoms with Gasteiger partial charge in [-0.15, -0.1) is 0 Å². The molecule has 6 nitrogen and oxygen atoms in total. The summed E-state index contributed by atoms with van der Waals surface area (Å²) in [6, 6.07) is 9.38. The quantitative estimate of drug-likeness (QED) is 0.331. The topological polar surface area (TPSA) is 101 Å². The number of carbonyl (C=O) groups excluding carboxylic acids is 1. The number of benzene rings is 1. The fraction of sp³-hybridized carbons (Fsp3) is 0.154. The van der Waals surface area contributed by atoms with Gasteiger partial charge in [-0.2, -0.15) is 0 Å². The zero-order valence-electron chi connectivity index (χ0n) is 10.2. The summed E-state index contributed by atoms with van der Waals surface area (Å²) < 4.78 is 0. The summed E-state index contributed by atoms with van der Waals surface area (Å²) in [5.74, 6) is -0.200. The molecule has 0 unspecified atom stereocenters. The Kier molecular flexibility index (Phi) is 3.92. The zero-order chi connectivity index (χ0) is 13.7. The molecule has 0 saturated heterocycles. The first kappa shape index (κ1) is 12.8. The predicted molar refractivity (Wildman–Crippen MR) is 72.1 cm³/mol. The number of amides is 1. The maximum atomic E-state index is 12.0. The third-order valence-electron chi connectivity index (χ3n) is 2.68. The van der Waals surface area contributed by atoms with Crippen molar-refractivity contribution in [3.8, 4) is 0 Å². The summed E-state index contributed by atoms with van der Waals surface area (Å²) in [5, 5.41) is 15.7. The maximum absolute atomic E-state index is 12.0. The van der Waals surface area contributed by atoms with E-state index in [-0.39, 0.29) is 18.2 Å². The van der Waals surface area contributed by atoms with Crippen LogP contribution in [0.4, 0.5) is 0 Å². The van der Waals surface area contributed by atoms with Crippen LogP contribution in [0, 0.1) is 0 Å². The molecule has 2 rings (SSSR count). The Morgan fingerprint density at radius 3 is 2.95 bits per heavy atom. The molecule has 4 N–H and O–H groups in total. The molecule has 0 spiro atoms. The van der Waals surface area contributed by atoms with Gasteiger partial charge in [0.2, 0.25) is 0 Å². The molecule has 0 aliphatic carbocycles. The van der Waals surface area contributed by atoms with E-state index in [0.29, 0.717) is 12.2 Å². The van der Waals surface area contributed by atoms with E-state index in [9.17, 15) is 4.79 Å². The Morgan fingerprint density at radius 2 is 2.16 bits per heavy atom. The van der Waals surface area contributed by atoms with Gasteiger partial charge in [0.15, 0.2) is 0 Å². The molecule has 1 heterocycles. The maximum Gasteiger partial charge on any atom is 0.270 e. The Hall–Kier alpha value is -2.63. The van der Waals surface area contributed by atoms with E-state index in [1.54, 1.807) is 6.20 Å². The van der Waals surface area contributed by atoms with Gasteiger partial charge in [0, 0.05) is 24.5 Å². The van der Waals surface area contributed by atoms with Crippen LogP contribution in [0.1, 0.15) is 16.9 Å². The van der Waals surface area contributed by atoms with Crippen LogP contribution < -0.4 is 11.1 Å². The summed E-state index contributed by atoms with van der Waals surface area (Å²) >= 11 is 0. The number of fused-ring (bicyclic) bond motifs is 1. The monoisotopic (exact) mass is 258 g/mol. The Labute approximate surface area is 109 Å². The molecule has 0 aliphatic rings. The van der Waals surface area contributed by atoms with Crippen LogP contribution in [0.25, 0.3) is 10.8 Å². The first-order valence-corrected chi connectivity index (χ1v) is 5.80. The Morgan fingerprint density at radius 1 is 1.37 bits per heavy atom. The lowest BCUT2D eigenvalue weighted by molar-refractivity contribution is 0.0951. The number of nitrogens with zero attached hydrogens (tertiary/aromatic N) is 2. The standard InChI is InChI=1S/C13H14N4O2/c14-11(17-19)6-8-16-13(18)12-10-4-2-1-3-9(10)5-7-15-12/h1-5,7,19H,6,8H2,(H2,14,17)(H,16,18). The van der Waals surface area contributed by atoms with Gasteiger partial charge in [-0.05, 0) is 11.5 Å². The Balaban J connectivity index is 2.13. The lowest BCUT2D eigenvalue weighted by Gasteiger charge is -2.06. The van der Waals surface area contributed by atoms with Crippen molar-refractivity contribution in [2.24, 2.45) is 10.9 Å². The molecule has 0 bridgehead atoms. The molecular formula is C13H14N4O2. The third-order valence-corrected chi connectivity index (χ3v) is 2.68. The molecule has 2 aromatic rings. The molecule has 0 fully saturated rings. The van der Waals surface area contributed by atoms with E-state index >= 15 is 0 Å². The summed E-state index contributed by atoms with van der Waals surface area (Å²) in [5.41, 5.74) is 5.69. The van der Waals surface area contributed by atoms with Gasteiger partial charge in [0.25, 0.3) is 5.91 Å². The minimum atomic E-state index is -0.275. The average molecular weight is 258 g/mol. The molecule has 98 valence electrons.